The van der Waals surface area contributed by atoms with Gasteiger partial charge in [-0.05, 0) is 79.2 Å². The number of hydrogen-bond acceptors (Lipinski definition) is 12. The van der Waals surface area contributed by atoms with Crippen LogP contribution in [0.15, 0.2) is 114 Å². The SMILES string of the molecule is COc1ccc(CN(Cc2ccc(OC)cc2)c2cc3ccccc3c(-c3c(F)c4c5c(c3Cl)NCN=C5N(C(C)c3cccnc3NC(=O)O)C=C(OC[C@@]35CCCN3C[C@H](F)C5)O4)n2)cc1. The van der Waals surface area contributed by atoms with E-state index in [-0.39, 0.29) is 52.6 Å². The van der Waals surface area contributed by atoms with E-state index in [1.807, 2.05) is 85.8 Å². The van der Waals surface area contributed by atoms with Gasteiger partial charge in [-0.2, -0.15) is 0 Å². The van der Waals surface area contributed by atoms with Gasteiger partial charge in [0.05, 0.1) is 59.5 Å². The number of anilines is 3. The van der Waals surface area contributed by atoms with E-state index in [0.29, 0.717) is 54.3 Å². The second-order valence-corrected chi connectivity index (χ2v) is 17.7. The zero-order chi connectivity index (χ0) is 47.1. The Kier molecular flexibility index (Phi) is 12.1. The Morgan fingerprint density at radius 1 is 1.03 bits per heavy atom. The predicted molar refractivity (Wildman–Crippen MR) is 257 cm³/mol. The van der Waals surface area contributed by atoms with Gasteiger partial charge >= 0.3 is 12.0 Å². The summed E-state index contributed by atoms with van der Waals surface area (Å²) in [6.45, 7) is 3.92. The highest BCUT2D eigenvalue weighted by Crippen LogP contribution is 2.50. The van der Waals surface area contributed by atoms with Crippen molar-refractivity contribution in [2.45, 2.75) is 57.0 Å². The minimum Gasteiger partial charge on any atom is -0.497 e. The first kappa shape index (κ1) is 44.7. The fourth-order valence-corrected chi connectivity index (χ4v) is 10.3. The number of aliphatic imine (C=N–C) groups is 1. The fraction of sp³-hybridized carbons (Fsp3) is 0.294. The van der Waals surface area contributed by atoms with Crippen LogP contribution in [0.4, 0.5) is 30.9 Å². The van der Waals surface area contributed by atoms with Crippen molar-refractivity contribution < 1.29 is 37.6 Å². The zero-order valence-corrected chi connectivity index (χ0v) is 38.4. The van der Waals surface area contributed by atoms with Crippen molar-refractivity contribution in [1.29, 1.82) is 0 Å². The van der Waals surface area contributed by atoms with Crippen molar-refractivity contribution in [2.75, 3.05) is 56.1 Å². The molecule has 0 spiro atoms. The summed E-state index contributed by atoms with van der Waals surface area (Å²) in [6.07, 6.45) is 2.70. The van der Waals surface area contributed by atoms with Gasteiger partial charge in [0.25, 0.3) is 0 Å². The summed E-state index contributed by atoms with van der Waals surface area (Å²) < 4.78 is 57.4. The normalized spacial score (nSPS) is 18.9. The number of halogens is 3. The molecule has 1 amide bonds. The van der Waals surface area contributed by atoms with Gasteiger partial charge < -0.3 is 39.2 Å². The maximum Gasteiger partial charge on any atom is 0.410 e. The average molecular weight is 943 g/mol. The van der Waals surface area contributed by atoms with Crippen LogP contribution in [0.2, 0.25) is 5.02 Å². The highest BCUT2D eigenvalue weighted by atomic mass is 35.5. The van der Waals surface area contributed by atoms with E-state index in [9.17, 15) is 9.90 Å². The number of nitrogens with zero attached hydrogens (tertiary/aromatic N) is 6. The van der Waals surface area contributed by atoms with Crippen LogP contribution in [0.3, 0.4) is 0 Å². The Bertz CT molecular complexity index is 2910. The molecule has 68 heavy (non-hydrogen) atoms. The molecule has 3 atom stereocenters. The Morgan fingerprint density at radius 2 is 1.75 bits per heavy atom. The van der Waals surface area contributed by atoms with Crippen LogP contribution in [0.25, 0.3) is 22.0 Å². The molecule has 10 rings (SSSR count). The second-order valence-electron chi connectivity index (χ2n) is 17.4. The first-order valence-corrected chi connectivity index (χ1v) is 22.8. The van der Waals surface area contributed by atoms with E-state index in [1.54, 1.807) is 37.5 Å². The third-order valence-electron chi connectivity index (χ3n) is 13.3. The van der Waals surface area contributed by atoms with E-state index < -0.39 is 29.7 Å². The Balaban J connectivity index is 1.12. The molecule has 2 aromatic heterocycles. The number of nitrogens with one attached hydrogen (secondary N) is 2. The minimum absolute atomic E-state index is 0.00117. The highest BCUT2D eigenvalue weighted by Gasteiger charge is 2.50. The van der Waals surface area contributed by atoms with E-state index in [4.69, 9.17) is 40.5 Å². The third kappa shape index (κ3) is 8.42. The molecule has 17 heteroatoms. The number of aromatic nitrogens is 2. The number of fused-ring (bicyclic) bond motifs is 2. The van der Waals surface area contributed by atoms with Crippen molar-refractivity contribution in [3.05, 3.63) is 142 Å². The molecular weight excluding hydrogens is 894 g/mol. The maximum atomic E-state index is 18.3. The number of alkyl halides is 1. The van der Waals surface area contributed by atoms with Crippen molar-refractivity contribution in [2.24, 2.45) is 4.99 Å². The molecular formula is C51H49ClF2N8O6. The number of pyridine rings is 2. The smallest absolute Gasteiger partial charge is 0.410 e. The summed E-state index contributed by atoms with van der Waals surface area (Å²) in [6, 6.07) is 28.0. The first-order chi connectivity index (χ1) is 33.0. The summed E-state index contributed by atoms with van der Waals surface area (Å²) in [5.74, 6) is 1.34. The average Bonchev–Trinajstić information content (AvgIpc) is 3.82. The van der Waals surface area contributed by atoms with Crippen LogP contribution < -0.4 is 29.7 Å². The van der Waals surface area contributed by atoms with Gasteiger partial charge in [-0.3, -0.25) is 10.2 Å². The van der Waals surface area contributed by atoms with Gasteiger partial charge in [0, 0.05) is 43.2 Å². The maximum absolute atomic E-state index is 18.3. The quantitative estimate of drug-likeness (QED) is 0.0955. The lowest BCUT2D eigenvalue weighted by Gasteiger charge is -2.32. The van der Waals surface area contributed by atoms with E-state index in [0.717, 1.165) is 47.4 Å². The summed E-state index contributed by atoms with van der Waals surface area (Å²) in [7, 11) is 3.25. The zero-order valence-electron chi connectivity index (χ0n) is 37.6. The topological polar surface area (TPSA) is 146 Å². The molecule has 6 aromatic rings. The summed E-state index contributed by atoms with van der Waals surface area (Å²) >= 11 is 7.49. The van der Waals surface area contributed by atoms with Crippen molar-refractivity contribution >= 4 is 51.6 Å². The standard InChI is InChI=1S/C51H49ClF2N8O6/c1-30(37-10-6-20-55-48(37)59-50(63)64)62-27-40(67-28-51-19-7-21-61(51)26-34(53)23-51)68-47-42-46(56-29-57-49(42)62)43(52)41(44(47)54)45-38-9-5-4-8-33(38)22-39(58-45)60(24-31-11-15-35(65-2)16-12-31)25-32-13-17-36(66-3)18-14-32/h4-6,8-18,20,22,27,30,34,56H,7,19,21,23-26,28-29H2,1-3H3,(H,55,59)(H,63,64)/t30?,34-,51+/m1/s1. The summed E-state index contributed by atoms with van der Waals surface area (Å²) in [5, 5.41) is 16.9. The molecule has 350 valence electrons. The number of amides is 1. The van der Waals surface area contributed by atoms with Crippen LogP contribution in [-0.2, 0) is 17.8 Å². The molecule has 2 fully saturated rings. The van der Waals surface area contributed by atoms with Gasteiger partial charge in [-0.25, -0.2) is 28.5 Å². The van der Waals surface area contributed by atoms with Gasteiger partial charge in [0.1, 0.15) is 48.4 Å². The highest BCUT2D eigenvalue weighted by molar-refractivity contribution is 6.38. The number of benzene rings is 4. The Morgan fingerprint density at radius 3 is 2.46 bits per heavy atom. The summed E-state index contributed by atoms with van der Waals surface area (Å²) in [5.41, 5.74) is 2.79. The summed E-state index contributed by atoms with van der Waals surface area (Å²) in [4.78, 5) is 32.4. The molecule has 3 N–H and O–H groups in total. The Hall–Kier alpha value is -7.17. The molecule has 2 saturated heterocycles. The molecule has 0 aliphatic carbocycles. The van der Waals surface area contributed by atoms with Crippen LogP contribution in [0.5, 0.6) is 17.2 Å². The van der Waals surface area contributed by atoms with Crippen molar-refractivity contribution in [1.82, 2.24) is 19.8 Å². The minimum atomic E-state index is -1.29. The molecule has 0 radical (unpaired) electrons. The molecule has 4 aliphatic heterocycles. The molecule has 1 unspecified atom stereocenters. The number of amidine groups is 1. The van der Waals surface area contributed by atoms with Crippen LogP contribution in [0, 0.1) is 5.82 Å². The second kappa shape index (κ2) is 18.5. The van der Waals surface area contributed by atoms with Crippen LogP contribution in [0.1, 0.15) is 54.5 Å². The van der Waals surface area contributed by atoms with Gasteiger partial charge in [-0.1, -0.05) is 66.2 Å². The number of rotatable bonds is 14. The molecule has 4 aromatic carbocycles. The number of carbonyl (C=O) groups is 1. The fourth-order valence-electron chi connectivity index (χ4n) is 9.92. The largest absolute Gasteiger partial charge is 0.497 e. The van der Waals surface area contributed by atoms with Crippen molar-refractivity contribution in [3.63, 3.8) is 0 Å². The first-order valence-electron chi connectivity index (χ1n) is 22.4. The lowest BCUT2D eigenvalue weighted by molar-refractivity contribution is 0.0257. The van der Waals surface area contributed by atoms with E-state index >= 15 is 8.78 Å². The third-order valence-corrected chi connectivity index (χ3v) is 13.6. The van der Waals surface area contributed by atoms with Crippen molar-refractivity contribution in [3.8, 4) is 28.5 Å². The van der Waals surface area contributed by atoms with Gasteiger partial charge in [0.2, 0.25) is 0 Å². The van der Waals surface area contributed by atoms with Gasteiger partial charge in [-0.15, -0.1) is 0 Å². The number of carboxylic acid groups (broad SMARTS) is 1. The number of methoxy groups -OCH3 is 2. The lowest BCUT2D eigenvalue weighted by Crippen LogP contribution is -2.42. The predicted octanol–water partition coefficient (Wildman–Crippen LogP) is 10.4. The van der Waals surface area contributed by atoms with E-state index in [1.165, 1.54) is 6.20 Å². The number of ether oxygens (including phenoxy) is 4. The van der Waals surface area contributed by atoms with E-state index in [2.05, 4.69) is 25.4 Å². The molecule has 4 aliphatic rings. The molecule has 0 saturated carbocycles. The molecule has 14 nitrogen and oxygen atoms in total. The number of hydrogen-bond donors (Lipinski definition) is 3. The monoisotopic (exact) mass is 942 g/mol. The Labute approximate surface area is 396 Å². The molecule has 0 bridgehead atoms. The lowest BCUT2D eigenvalue weighted by atomic mass is 9.95. The van der Waals surface area contributed by atoms with Gasteiger partial charge in [0.15, 0.2) is 11.6 Å². The molecule has 6 heterocycles. The van der Waals surface area contributed by atoms with Crippen LogP contribution >= 0.6 is 11.6 Å². The van der Waals surface area contributed by atoms with Crippen LogP contribution in [-0.4, -0.2) is 89.1 Å².